The number of nitrogens with zero attached hydrogens (tertiary/aromatic N) is 1. The minimum absolute atomic E-state index is 0.704. The molecule has 0 bridgehead atoms. The maximum absolute atomic E-state index is 5.87. The molecule has 2 nitrogen and oxygen atoms in total. The van der Waals surface area contributed by atoms with Crippen LogP contribution in [0.3, 0.4) is 0 Å². The first-order valence-corrected chi connectivity index (χ1v) is 7.48. The van der Waals surface area contributed by atoms with Crippen molar-refractivity contribution in [2.75, 3.05) is 6.54 Å². The van der Waals surface area contributed by atoms with Crippen LogP contribution in [0.4, 0.5) is 0 Å². The molecule has 3 heteroatoms. The first-order chi connectivity index (χ1) is 8.22. The zero-order chi connectivity index (χ0) is 12.3. The molecule has 2 N–H and O–H groups in total. The maximum Gasteiger partial charge on any atom is 0.0675 e. The summed E-state index contributed by atoms with van der Waals surface area (Å²) in [7, 11) is 0. The molecule has 0 saturated heterocycles. The number of thioether (sulfide) groups is 1. The van der Waals surface area contributed by atoms with Gasteiger partial charge in [-0.1, -0.05) is 32.8 Å². The molecular formula is C14H22N2S. The highest BCUT2D eigenvalue weighted by Crippen LogP contribution is 2.38. The van der Waals surface area contributed by atoms with Gasteiger partial charge in [-0.25, -0.2) is 0 Å². The van der Waals surface area contributed by atoms with Crippen LogP contribution in [0.25, 0.3) is 0 Å². The first-order valence-electron chi connectivity index (χ1n) is 6.60. The Morgan fingerprint density at radius 1 is 1.41 bits per heavy atom. The van der Waals surface area contributed by atoms with Gasteiger partial charge in [0.1, 0.15) is 0 Å². The van der Waals surface area contributed by atoms with Crippen molar-refractivity contribution in [3.8, 4) is 0 Å². The lowest BCUT2D eigenvalue weighted by Crippen LogP contribution is -2.11. The van der Waals surface area contributed by atoms with Crippen molar-refractivity contribution in [1.82, 2.24) is 0 Å². The van der Waals surface area contributed by atoms with Gasteiger partial charge in [-0.05, 0) is 19.3 Å². The standard InChI is InChI=1S/C14H22N2S/c1-3-13-14(12(9-16-13)10(2)15)17-11-7-5-4-6-8-11/h11H,2-9,15H2,1H3. The molecule has 0 aromatic heterocycles. The Morgan fingerprint density at radius 2 is 2.12 bits per heavy atom. The summed E-state index contributed by atoms with van der Waals surface area (Å²) < 4.78 is 0. The Morgan fingerprint density at radius 3 is 2.71 bits per heavy atom. The van der Waals surface area contributed by atoms with Crippen LogP contribution in [0.2, 0.25) is 0 Å². The molecule has 1 aliphatic carbocycles. The lowest BCUT2D eigenvalue weighted by Gasteiger charge is -2.22. The fourth-order valence-corrected chi connectivity index (χ4v) is 4.09. The molecule has 0 aromatic rings. The van der Waals surface area contributed by atoms with E-state index in [4.69, 9.17) is 5.73 Å². The highest BCUT2D eigenvalue weighted by molar-refractivity contribution is 8.04. The van der Waals surface area contributed by atoms with E-state index in [-0.39, 0.29) is 0 Å². The van der Waals surface area contributed by atoms with E-state index in [1.54, 1.807) is 0 Å². The quantitative estimate of drug-likeness (QED) is 0.827. The normalized spacial score (nSPS) is 21.8. The van der Waals surface area contributed by atoms with E-state index >= 15 is 0 Å². The Balaban J connectivity index is 2.11. The summed E-state index contributed by atoms with van der Waals surface area (Å²) in [5, 5.41) is 0.767. The smallest absolute Gasteiger partial charge is 0.0675 e. The number of rotatable bonds is 4. The lowest BCUT2D eigenvalue weighted by molar-refractivity contribution is 0.517. The molecule has 0 radical (unpaired) electrons. The number of aliphatic imine (C=N–C) groups is 1. The van der Waals surface area contributed by atoms with Crippen molar-refractivity contribution in [2.45, 2.75) is 50.7 Å². The fourth-order valence-electron chi connectivity index (χ4n) is 2.50. The SMILES string of the molecule is C=C(N)C1=C(SC2CCCCC2)C(CC)=NC1. The Kier molecular flexibility index (Phi) is 4.32. The van der Waals surface area contributed by atoms with Gasteiger partial charge in [0.2, 0.25) is 0 Å². The molecule has 1 heterocycles. The zero-order valence-electron chi connectivity index (χ0n) is 10.7. The summed E-state index contributed by atoms with van der Waals surface area (Å²) in [6.45, 7) is 6.80. The van der Waals surface area contributed by atoms with Gasteiger partial charge < -0.3 is 5.73 Å². The fraction of sp³-hybridized carbons (Fsp3) is 0.643. The summed E-state index contributed by atoms with van der Waals surface area (Å²) in [5.74, 6) is 0. The third-order valence-corrected chi connectivity index (χ3v) is 5.05. The molecule has 0 aromatic carbocycles. The second kappa shape index (κ2) is 5.76. The van der Waals surface area contributed by atoms with Gasteiger partial charge in [-0.15, -0.1) is 11.8 Å². The molecule has 1 fully saturated rings. The van der Waals surface area contributed by atoms with E-state index in [1.165, 1.54) is 48.3 Å². The van der Waals surface area contributed by atoms with Crippen molar-refractivity contribution >= 4 is 17.5 Å². The summed E-state index contributed by atoms with van der Waals surface area (Å²) >= 11 is 2.01. The van der Waals surface area contributed by atoms with E-state index in [2.05, 4.69) is 18.5 Å². The summed E-state index contributed by atoms with van der Waals surface area (Å²) in [5.41, 5.74) is 8.99. The first kappa shape index (κ1) is 12.7. The van der Waals surface area contributed by atoms with Crippen LogP contribution >= 0.6 is 11.8 Å². The molecule has 0 atom stereocenters. The van der Waals surface area contributed by atoms with Crippen molar-refractivity contribution < 1.29 is 0 Å². The van der Waals surface area contributed by atoms with Gasteiger partial charge in [-0.3, -0.25) is 4.99 Å². The molecular weight excluding hydrogens is 228 g/mol. The van der Waals surface area contributed by atoms with E-state index in [0.717, 1.165) is 18.2 Å². The van der Waals surface area contributed by atoms with Crippen molar-refractivity contribution in [1.29, 1.82) is 0 Å². The molecule has 17 heavy (non-hydrogen) atoms. The average Bonchev–Trinajstić information content (AvgIpc) is 2.73. The summed E-state index contributed by atoms with van der Waals surface area (Å²) in [4.78, 5) is 5.92. The largest absolute Gasteiger partial charge is 0.399 e. The molecule has 94 valence electrons. The minimum Gasteiger partial charge on any atom is -0.399 e. The second-order valence-corrected chi connectivity index (χ2v) is 6.14. The van der Waals surface area contributed by atoms with Crippen molar-refractivity contribution in [3.63, 3.8) is 0 Å². The van der Waals surface area contributed by atoms with Crippen LogP contribution in [-0.2, 0) is 0 Å². The van der Waals surface area contributed by atoms with Gasteiger partial charge in [0.25, 0.3) is 0 Å². The predicted octanol–water partition coefficient (Wildman–Crippen LogP) is 3.64. The number of hydrogen-bond donors (Lipinski definition) is 1. The van der Waals surface area contributed by atoms with E-state index in [0.29, 0.717) is 5.70 Å². The Hall–Kier alpha value is -0.700. The Labute approximate surface area is 108 Å². The minimum atomic E-state index is 0.704. The van der Waals surface area contributed by atoms with Crippen LogP contribution in [0, 0.1) is 0 Å². The van der Waals surface area contributed by atoms with Crippen LogP contribution in [0.5, 0.6) is 0 Å². The van der Waals surface area contributed by atoms with Crippen molar-refractivity contribution in [3.05, 3.63) is 22.8 Å². The van der Waals surface area contributed by atoms with Crippen LogP contribution in [-0.4, -0.2) is 17.5 Å². The number of allylic oxidation sites excluding steroid dienone is 1. The highest BCUT2D eigenvalue weighted by Gasteiger charge is 2.24. The topological polar surface area (TPSA) is 38.4 Å². The maximum atomic E-state index is 5.87. The molecule has 0 amide bonds. The molecule has 1 saturated carbocycles. The molecule has 1 aliphatic heterocycles. The summed E-state index contributed by atoms with van der Waals surface area (Å²) in [6.07, 6.45) is 7.85. The van der Waals surface area contributed by atoms with Gasteiger partial charge in [-0.2, -0.15) is 0 Å². The van der Waals surface area contributed by atoms with Gasteiger partial charge in [0.05, 0.1) is 6.54 Å². The molecule has 0 unspecified atom stereocenters. The van der Waals surface area contributed by atoms with Crippen LogP contribution in [0.15, 0.2) is 27.7 Å². The molecule has 2 rings (SSSR count). The van der Waals surface area contributed by atoms with Crippen molar-refractivity contribution in [2.24, 2.45) is 10.7 Å². The number of hydrogen-bond acceptors (Lipinski definition) is 3. The third kappa shape index (κ3) is 2.95. The predicted molar refractivity (Wildman–Crippen MR) is 77.4 cm³/mol. The lowest BCUT2D eigenvalue weighted by atomic mass is 10.0. The molecule has 0 spiro atoms. The zero-order valence-corrected chi connectivity index (χ0v) is 11.5. The van der Waals surface area contributed by atoms with Gasteiger partial charge in [0, 0.05) is 27.1 Å². The van der Waals surface area contributed by atoms with E-state index < -0.39 is 0 Å². The van der Waals surface area contributed by atoms with E-state index in [1.807, 2.05) is 11.8 Å². The van der Waals surface area contributed by atoms with Gasteiger partial charge in [0.15, 0.2) is 0 Å². The molecule has 2 aliphatic rings. The monoisotopic (exact) mass is 250 g/mol. The van der Waals surface area contributed by atoms with Crippen LogP contribution < -0.4 is 5.73 Å². The average molecular weight is 250 g/mol. The summed E-state index contributed by atoms with van der Waals surface area (Å²) in [6, 6.07) is 0. The Bertz CT molecular complexity index is 362. The van der Waals surface area contributed by atoms with Crippen LogP contribution in [0.1, 0.15) is 45.4 Å². The second-order valence-electron chi connectivity index (χ2n) is 4.83. The highest BCUT2D eigenvalue weighted by atomic mass is 32.2. The third-order valence-electron chi connectivity index (χ3n) is 3.52. The van der Waals surface area contributed by atoms with Gasteiger partial charge >= 0.3 is 0 Å². The van der Waals surface area contributed by atoms with E-state index in [9.17, 15) is 0 Å². The number of nitrogens with two attached hydrogens (primary N) is 1.